The second kappa shape index (κ2) is 10.7. The molecule has 0 aromatic heterocycles. The molecule has 1 N–H and O–H groups in total. The molecule has 0 aliphatic heterocycles. The second-order valence-corrected chi connectivity index (χ2v) is 8.29. The Kier molecular flexibility index (Phi) is 7.21. The van der Waals surface area contributed by atoms with Crippen LogP contribution in [0.4, 0.5) is 0 Å². The molecule has 176 valence electrons. The number of aryl methyl sites for hydroxylation is 3. The summed E-state index contributed by atoms with van der Waals surface area (Å²) in [6.45, 7) is 5.74. The fourth-order valence-electron chi connectivity index (χ4n) is 3.58. The van der Waals surface area contributed by atoms with Crippen molar-refractivity contribution >= 4 is 28.9 Å². The van der Waals surface area contributed by atoms with Crippen LogP contribution in [0.3, 0.4) is 0 Å². The summed E-state index contributed by atoms with van der Waals surface area (Å²) < 4.78 is 11.3. The minimum absolute atomic E-state index is 0.176. The van der Waals surface area contributed by atoms with Gasteiger partial charge in [0.15, 0.2) is 6.61 Å². The van der Waals surface area contributed by atoms with Gasteiger partial charge >= 0.3 is 5.97 Å². The van der Waals surface area contributed by atoms with Gasteiger partial charge in [-0.2, -0.15) is 5.10 Å². The SMILES string of the molecule is Cc1cccc(C(=O)Oc2ccc3ccccc3c2C=NNC(=O)COc2ccc(C)c(C)c2)c1. The summed E-state index contributed by atoms with van der Waals surface area (Å²) >= 11 is 0. The Hall–Kier alpha value is -4.45. The molecule has 6 nitrogen and oxygen atoms in total. The van der Waals surface area contributed by atoms with Crippen molar-refractivity contribution in [3.05, 3.63) is 107 Å². The maximum atomic E-state index is 12.7. The summed E-state index contributed by atoms with van der Waals surface area (Å²) in [5, 5.41) is 5.89. The monoisotopic (exact) mass is 466 g/mol. The molecule has 0 spiro atoms. The Labute approximate surface area is 204 Å². The molecule has 4 rings (SSSR count). The van der Waals surface area contributed by atoms with Crippen LogP contribution in [0.25, 0.3) is 10.8 Å². The number of hydrazone groups is 1. The molecule has 35 heavy (non-hydrogen) atoms. The number of hydrogen-bond acceptors (Lipinski definition) is 5. The van der Waals surface area contributed by atoms with Crippen LogP contribution in [0.5, 0.6) is 11.5 Å². The first kappa shape index (κ1) is 23.7. The molecule has 1 amide bonds. The predicted octanol–water partition coefficient (Wildman–Crippen LogP) is 5.51. The summed E-state index contributed by atoms with van der Waals surface area (Å²) in [5.41, 5.74) is 6.72. The maximum Gasteiger partial charge on any atom is 0.343 e. The van der Waals surface area contributed by atoms with Crippen LogP contribution in [-0.2, 0) is 4.79 Å². The molecule has 0 aliphatic carbocycles. The molecule has 4 aromatic rings. The average Bonchev–Trinajstić information content (AvgIpc) is 2.85. The van der Waals surface area contributed by atoms with Crippen LogP contribution in [0.1, 0.15) is 32.6 Å². The third kappa shape index (κ3) is 5.92. The Balaban J connectivity index is 1.50. The Bertz CT molecular complexity index is 1430. The summed E-state index contributed by atoms with van der Waals surface area (Å²) in [5.74, 6) is 0.0914. The molecule has 4 aromatic carbocycles. The highest BCUT2D eigenvalue weighted by atomic mass is 16.5. The van der Waals surface area contributed by atoms with Crippen molar-refractivity contribution in [1.29, 1.82) is 0 Å². The Morgan fingerprint density at radius 1 is 0.886 bits per heavy atom. The van der Waals surface area contributed by atoms with Gasteiger partial charge in [0.25, 0.3) is 5.91 Å². The molecular weight excluding hydrogens is 440 g/mol. The lowest BCUT2D eigenvalue weighted by Gasteiger charge is -2.11. The van der Waals surface area contributed by atoms with Gasteiger partial charge in [-0.25, -0.2) is 10.2 Å². The van der Waals surface area contributed by atoms with E-state index in [0.29, 0.717) is 22.6 Å². The molecule has 0 heterocycles. The van der Waals surface area contributed by atoms with E-state index in [1.165, 1.54) is 6.21 Å². The van der Waals surface area contributed by atoms with Crippen LogP contribution in [0.2, 0.25) is 0 Å². The normalized spacial score (nSPS) is 10.9. The standard InChI is InChI=1S/C29H26N2O4/c1-19-7-6-9-23(15-19)29(33)35-27-14-12-22-8-4-5-10-25(22)26(27)17-30-31-28(32)18-34-24-13-11-20(2)21(3)16-24/h4-17H,18H2,1-3H3,(H,31,32). The number of benzene rings is 4. The number of ether oxygens (including phenoxy) is 2. The first-order chi connectivity index (χ1) is 16.9. The summed E-state index contributed by atoms with van der Waals surface area (Å²) in [6, 6.07) is 24.1. The molecule has 0 unspecified atom stereocenters. The summed E-state index contributed by atoms with van der Waals surface area (Å²) in [7, 11) is 0. The van der Waals surface area contributed by atoms with Crippen molar-refractivity contribution in [2.24, 2.45) is 5.10 Å². The number of carbonyl (C=O) groups is 2. The quantitative estimate of drug-likeness (QED) is 0.169. The van der Waals surface area contributed by atoms with Crippen LogP contribution in [0.15, 0.2) is 84.0 Å². The van der Waals surface area contributed by atoms with Gasteiger partial charge in [0.2, 0.25) is 0 Å². The third-order valence-electron chi connectivity index (χ3n) is 5.62. The largest absolute Gasteiger partial charge is 0.484 e. The molecule has 0 bridgehead atoms. The van der Waals surface area contributed by atoms with Gasteiger partial charge in [0.05, 0.1) is 11.8 Å². The van der Waals surface area contributed by atoms with E-state index in [1.54, 1.807) is 18.2 Å². The summed E-state index contributed by atoms with van der Waals surface area (Å²) in [4.78, 5) is 25.0. The average molecular weight is 467 g/mol. The number of fused-ring (bicyclic) bond motifs is 1. The first-order valence-electron chi connectivity index (χ1n) is 11.2. The lowest BCUT2D eigenvalue weighted by molar-refractivity contribution is -0.123. The number of nitrogens with one attached hydrogen (secondary N) is 1. The van der Waals surface area contributed by atoms with E-state index in [4.69, 9.17) is 9.47 Å². The molecule has 0 radical (unpaired) electrons. The minimum Gasteiger partial charge on any atom is -0.484 e. The molecule has 0 atom stereocenters. The van der Waals surface area contributed by atoms with E-state index >= 15 is 0 Å². The van der Waals surface area contributed by atoms with Crippen molar-refractivity contribution in [3.8, 4) is 11.5 Å². The minimum atomic E-state index is -0.468. The Morgan fingerprint density at radius 2 is 1.71 bits per heavy atom. The van der Waals surface area contributed by atoms with Gasteiger partial charge in [-0.3, -0.25) is 4.79 Å². The van der Waals surface area contributed by atoms with Crippen molar-refractivity contribution in [1.82, 2.24) is 5.43 Å². The molecule has 6 heteroatoms. The van der Waals surface area contributed by atoms with Crippen molar-refractivity contribution < 1.29 is 19.1 Å². The second-order valence-electron chi connectivity index (χ2n) is 8.29. The smallest absolute Gasteiger partial charge is 0.343 e. The summed E-state index contributed by atoms with van der Waals surface area (Å²) in [6.07, 6.45) is 1.48. The highest BCUT2D eigenvalue weighted by Gasteiger charge is 2.14. The van der Waals surface area contributed by atoms with Gasteiger partial charge in [-0.15, -0.1) is 0 Å². The van der Waals surface area contributed by atoms with E-state index in [0.717, 1.165) is 27.5 Å². The third-order valence-corrected chi connectivity index (χ3v) is 5.62. The fraction of sp³-hybridized carbons (Fsp3) is 0.138. The molecule has 0 aliphatic rings. The number of carbonyl (C=O) groups excluding carboxylic acids is 2. The van der Waals surface area contributed by atoms with E-state index in [2.05, 4.69) is 10.5 Å². The van der Waals surface area contributed by atoms with Crippen LogP contribution in [-0.4, -0.2) is 24.7 Å². The first-order valence-corrected chi connectivity index (χ1v) is 11.2. The molecular formula is C29H26N2O4. The van der Waals surface area contributed by atoms with E-state index in [1.807, 2.05) is 81.4 Å². The number of rotatable bonds is 7. The highest BCUT2D eigenvalue weighted by molar-refractivity contribution is 6.04. The van der Waals surface area contributed by atoms with Gasteiger partial charge < -0.3 is 9.47 Å². The van der Waals surface area contributed by atoms with E-state index in [-0.39, 0.29) is 6.61 Å². The zero-order chi connectivity index (χ0) is 24.8. The highest BCUT2D eigenvalue weighted by Crippen LogP contribution is 2.27. The number of esters is 1. The number of hydrogen-bond donors (Lipinski definition) is 1. The van der Waals surface area contributed by atoms with E-state index in [9.17, 15) is 9.59 Å². The van der Waals surface area contributed by atoms with Crippen molar-refractivity contribution in [3.63, 3.8) is 0 Å². The van der Waals surface area contributed by atoms with Gasteiger partial charge in [0.1, 0.15) is 11.5 Å². The Morgan fingerprint density at radius 3 is 2.51 bits per heavy atom. The van der Waals surface area contributed by atoms with Crippen LogP contribution in [0, 0.1) is 20.8 Å². The predicted molar refractivity (Wildman–Crippen MR) is 137 cm³/mol. The zero-order valence-electron chi connectivity index (χ0n) is 19.9. The fourth-order valence-corrected chi connectivity index (χ4v) is 3.58. The maximum absolute atomic E-state index is 12.7. The van der Waals surface area contributed by atoms with Gasteiger partial charge in [-0.05, 0) is 73.0 Å². The lowest BCUT2D eigenvalue weighted by atomic mass is 10.0. The number of nitrogens with zero attached hydrogens (tertiary/aromatic N) is 1. The van der Waals surface area contributed by atoms with Crippen molar-refractivity contribution in [2.75, 3.05) is 6.61 Å². The van der Waals surface area contributed by atoms with Crippen molar-refractivity contribution in [2.45, 2.75) is 20.8 Å². The zero-order valence-corrected chi connectivity index (χ0v) is 19.9. The molecule has 0 saturated heterocycles. The van der Waals surface area contributed by atoms with Crippen LogP contribution >= 0.6 is 0 Å². The molecule has 0 fully saturated rings. The van der Waals surface area contributed by atoms with Gasteiger partial charge in [-0.1, -0.05) is 54.1 Å². The number of amides is 1. The molecule has 0 saturated carbocycles. The van der Waals surface area contributed by atoms with E-state index < -0.39 is 11.9 Å². The van der Waals surface area contributed by atoms with Gasteiger partial charge in [0, 0.05) is 5.56 Å². The van der Waals surface area contributed by atoms with Crippen LogP contribution < -0.4 is 14.9 Å². The lowest BCUT2D eigenvalue weighted by Crippen LogP contribution is -2.24. The topological polar surface area (TPSA) is 77.0 Å².